The van der Waals surface area contributed by atoms with Crippen LogP contribution in [0.3, 0.4) is 0 Å². The van der Waals surface area contributed by atoms with Gasteiger partial charge in [0.25, 0.3) is 0 Å². The minimum absolute atomic E-state index is 0.503. The van der Waals surface area contributed by atoms with E-state index < -0.39 is 5.97 Å². The number of benzene rings is 2. The Morgan fingerprint density at radius 2 is 1.67 bits per heavy atom. The molecule has 0 aliphatic rings. The van der Waals surface area contributed by atoms with Crippen LogP contribution in [0.2, 0.25) is 0 Å². The molecule has 0 saturated carbocycles. The molecule has 0 fully saturated rings. The van der Waals surface area contributed by atoms with Gasteiger partial charge in [0.15, 0.2) is 0 Å². The van der Waals surface area contributed by atoms with Crippen LogP contribution in [0.25, 0.3) is 0 Å². The van der Waals surface area contributed by atoms with Crippen LogP contribution >= 0.6 is 22.6 Å². The molecule has 0 saturated heterocycles. The summed E-state index contributed by atoms with van der Waals surface area (Å²) in [4.78, 5) is 11.5. The fourth-order valence-electron chi connectivity index (χ4n) is 1.28. The van der Waals surface area contributed by atoms with E-state index >= 15 is 0 Å². The van der Waals surface area contributed by atoms with E-state index in [1.54, 1.807) is 12.1 Å². The van der Waals surface area contributed by atoms with Gasteiger partial charge in [0, 0.05) is 15.1 Å². The van der Waals surface area contributed by atoms with Crippen LogP contribution in [-0.2, 0) is 4.79 Å². The Kier molecular flexibility index (Phi) is 4.37. The van der Waals surface area contributed by atoms with Gasteiger partial charge in [-0.1, -0.05) is 24.1 Å². The molecule has 0 aliphatic carbocycles. The minimum atomic E-state index is -0.555. The van der Waals surface area contributed by atoms with Crippen LogP contribution in [0.5, 0.6) is 5.75 Å². The van der Waals surface area contributed by atoms with Crippen molar-refractivity contribution in [3.63, 3.8) is 0 Å². The quantitative estimate of drug-likeness (QED) is 0.342. The Morgan fingerprint density at radius 3 is 2.33 bits per heavy atom. The van der Waals surface area contributed by atoms with Gasteiger partial charge in [0.1, 0.15) is 5.75 Å². The molecule has 0 atom stereocenters. The average Bonchev–Trinajstić information content (AvgIpc) is 2.40. The molecule has 0 heterocycles. The fraction of sp³-hybridized carbons (Fsp3) is 0. The van der Waals surface area contributed by atoms with Crippen LogP contribution < -0.4 is 4.74 Å². The molecule has 0 aromatic heterocycles. The van der Waals surface area contributed by atoms with Crippen molar-refractivity contribution in [2.24, 2.45) is 0 Å². The van der Waals surface area contributed by atoms with Crippen LogP contribution in [0.15, 0.2) is 54.6 Å². The predicted octanol–water partition coefficient (Wildman–Crippen LogP) is 3.25. The zero-order chi connectivity index (χ0) is 12.8. The first-order valence-electron chi connectivity index (χ1n) is 5.28. The molecular weight excluding hydrogens is 339 g/mol. The Morgan fingerprint density at radius 1 is 1.00 bits per heavy atom. The van der Waals surface area contributed by atoms with Crippen molar-refractivity contribution in [2.75, 3.05) is 0 Å². The van der Waals surface area contributed by atoms with Gasteiger partial charge in [0.2, 0.25) is 0 Å². The van der Waals surface area contributed by atoms with E-state index in [1.165, 1.54) is 0 Å². The first kappa shape index (κ1) is 12.7. The van der Waals surface area contributed by atoms with Gasteiger partial charge >= 0.3 is 5.97 Å². The molecule has 0 N–H and O–H groups in total. The van der Waals surface area contributed by atoms with Gasteiger partial charge in [-0.05, 0) is 59.0 Å². The summed E-state index contributed by atoms with van der Waals surface area (Å²) >= 11 is 2.19. The maximum atomic E-state index is 11.5. The summed E-state index contributed by atoms with van der Waals surface area (Å²) < 4.78 is 6.16. The van der Waals surface area contributed by atoms with Gasteiger partial charge < -0.3 is 4.74 Å². The third-order valence-corrected chi connectivity index (χ3v) is 2.83. The molecule has 2 aromatic carbocycles. The molecule has 2 rings (SSSR count). The molecule has 18 heavy (non-hydrogen) atoms. The summed E-state index contributed by atoms with van der Waals surface area (Å²) in [5.41, 5.74) is 0.789. The van der Waals surface area contributed by atoms with E-state index in [0.717, 1.165) is 9.13 Å². The van der Waals surface area contributed by atoms with Crippen LogP contribution in [0, 0.1) is 15.4 Å². The summed E-state index contributed by atoms with van der Waals surface area (Å²) in [5.74, 6) is 5.15. The zero-order valence-corrected chi connectivity index (χ0v) is 11.5. The van der Waals surface area contributed by atoms with E-state index in [1.807, 2.05) is 42.5 Å². The van der Waals surface area contributed by atoms with Crippen LogP contribution in [0.4, 0.5) is 0 Å². The van der Waals surface area contributed by atoms with Gasteiger partial charge in [-0.3, -0.25) is 0 Å². The molecule has 2 aromatic rings. The smallest absolute Gasteiger partial charge is 0.390 e. The molecule has 0 amide bonds. The number of hydrogen-bond donors (Lipinski definition) is 0. The number of halogens is 1. The SMILES string of the molecule is O=C(C#Cc1ccccc1)Oc1ccc(I)cc1. The van der Waals surface area contributed by atoms with Crippen molar-refractivity contribution < 1.29 is 9.53 Å². The van der Waals surface area contributed by atoms with E-state index in [9.17, 15) is 4.79 Å². The summed E-state index contributed by atoms with van der Waals surface area (Å²) in [6.45, 7) is 0. The lowest BCUT2D eigenvalue weighted by molar-refractivity contribution is -0.128. The lowest BCUT2D eigenvalue weighted by Crippen LogP contribution is -2.04. The number of carbonyl (C=O) groups is 1. The second-order valence-corrected chi connectivity index (χ2v) is 4.71. The number of carbonyl (C=O) groups excluding carboxylic acids is 1. The molecule has 0 radical (unpaired) electrons. The second-order valence-electron chi connectivity index (χ2n) is 3.46. The second kappa shape index (κ2) is 6.22. The maximum absolute atomic E-state index is 11.5. The van der Waals surface area contributed by atoms with Gasteiger partial charge in [-0.25, -0.2) is 4.79 Å². The Bertz CT molecular complexity index is 592. The third-order valence-electron chi connectivity index (χ3n) is 2.11. The maximum Gasteiger partial charge on any atom is 0.390 e. The molecule has 0 bridgehead atoms. The number of esters is 1. The normalized spacial score (nSPS) is 9.17. The lowest BCUT2D eigenvalue weighted by Gasteiger charge is -1.98. The topological polar surface area (TPSA) is 26.3 Å². The summed E-state index contributed by atoms with van der Waals surface area (Å²) in [5, 5.41) is 0. The summed E-state index contributed by atoms with van der Waals surface area (Å²) in [6, 6.07) is 16.5. The fourth-order valence-corrected chi connectivity index (χ4v) is 1.64. The molecule has 0 aliphatic heterocycles. The zero-order valence-electron chi connectivity index (χ0n) is 9.39. The molecule has 0 spiro atoms. The predicted molar refractivity (Wildman–Crippen MR) is 78.1 cm³/mol. The van der Waals surface area contributed by atoms with Gasteiger partial charge in [-0.15, -0.1) is 0 Å². The van der Waals surface area contributed by atoms with E-state index in [-0.39, 0.29) is 0 Å². The summed E-state index contributed by atoms with van der Waals surface area (Å²) in [6.07, 6.45) is 0. The minimum Gasteiger partial charge on any atom is -0.417 e. The molecule has 0 unspecified atom stereocenters. The highest BCUT2D eigenvalue weighted by Gasteiger charge is 1.99. The van der Waals surface area contributed by atoms with Crippen LogP contribution in [-0.4, -0.2) is 5.97 Å². The highest BCUT2D eigenvalue weighted by atomic mass is 127. The monoisotopic (exact) mass is 348 g/mol. The van der Waals surface area contributed by atoms with E-state index in [4.69, 9.17) is 4.74 Å². The summed E-state index contributed by atoms with van der Waals surface area (Å²) in [7, 11) is 0. The average molecular weight is 348 g/mol. The van der Waals surface area contributed by atoms with E-state index in [2.05, 4.69) is 34.4 Å². The number of hydrogen-bond acceptors (Lipinski definition) is 2. The number of rotatable bonds is 1. The largest absolute Gasteiger partial charge is 0.417 e. The van der Waals surface area contributed by atoms with Crippen molar-refractivity contribution in [3.05, 3.63) is 63.7 Å². The van der Waals surface area contributed by atoms with Gasteiger partial charge in [-0.2, -0.15) is 0 Å². The first-order chi connectivity index (χ1) is 8.74. The standard InChI is InChI=1S/C15H9IO2/c16-13-7-9-14(10-8-13)18-15(17)11-6-12-4-2-1-3-5-12/h1-5,7-10H. The van der Waals surface area contributed by atoms with Crippen molar-refractivity contribution in [2.45, 2.75) is 0 Å². The van der Waals surface area contributed by atoms with Crippen molar-refractivity contribution in [3.8, 4) is 17.6 Å². The third kappa shape index (κ3) is 3.90. The lowest BCUT2D eigenvalue weighted by atomic mass is 10.2. The Balaban J connectivity index is 2.01. The van der Waals surface area contributed by atoms with Crippen molar-refractivity contribution >= 4 is 28.6 Å². The number of ether oxygens (including phenoxy) is 1. The highest BCUT2D eigenvalue weighted by molar-refractivity contribution is 14.1. The van der Waals surface area contributed by atoms with Gasteiger partial charge in [0.05, 0.1) is 0 Å². The highest BCUT2D eigenvalue weighted by Crippen LogP contribution is 2.13. The Hall–Kier alpha value is -1.80. The first-order valence-corrected chi connectivity index (χ1v) is 6.36. The van der Waals surface area contributed by atoms with Crippen molar-refractivity contribution in [1.82, 2.24) is 0 Å². The Labute approximate surface area is 119 Å². The van der Waals surface area contributed by atoms with E-state index in [0.29, 0.717) is 5.75 Å². The van der Waals surface area contributed by atoms with Crippen molar-refractivity contribution in [1.29, 1.82) is 0 Å². The molecule has 3 heteroatoms. The molecule has 88 valence electrons. The molecular formula is C15H9IO2. The molecule has 2 nitrogen and oxygen atoms in total. The van der Waals surface area contributed by atoms with Crippen LogP contribution in [0.1, 0.15) is 5.56 Å².